The first-order valence-electron chi connectivity index (χ1n) is 8.47. The van der Waals surface area contributed by atoms with Gasteiger partial charge in [0.15, 0.2) is 0 Å². The number of anilines is 1. The molecule has 27 heavy (non-hydrogen) atoms. The van der Waals surface area contributed by atoms with Gasteiger partial charge in [0.2, 0.25) is 18.0 Å². The highest BCUT2D eigenvalue weighted by molar-refractivity contribution is 7.99. The summed E-state index contributed by atoms with van der Waals surface area (Å²) in [6, 6.07) is 15.8. The number of aryl methyl sites for hydroxylation is 1. The van der Waals surface area contributed by atoms with Crippen molar-refractivity contribution in [2.75, 3.05) is 11.1 Å². The van der Waals surface area contributed by atoms with E-state index in [0.29, 0.717) is 22.8 Å². The third-order valence-corrected chi connectivity index (χ3v) is 5.15. The van der Waals surface area contributed by atoms with Gasteiger partial charge in [-0.05, 0) is 24.6 Å². The number of para-hydroxylation sites is 1. The van der Waals surface area contributed by atoms with Gasteiger partial charge in [-0.25, -0.2) is 0 Å². The van der Waals surface area contributed by atoms with Crippen LogP contribution in [0.5, 0.6) is 0 Å². The average molecular weight is 377 g/mol. The van der Waals surface area contributed by atoms with Crippen LogP contribution in [-0.2, 0) is 4.74 Å². The lowest BCUT2D eigenvalue weighted by Gasteiger charge is -2.18. The molecule has 0 amide bonds. The summed E-state index contributed by atoms with van der Waals surface area (Å²) in [5.41, 5.74) is 4.95. The molecule has 8 heteroatoms. The number of thioether (sulfide) groups is 1. The van der Waals surface area contributed by atoms with Gasteiger partial charge in [-0.3, -0.25) is 0 Å². The van der Waals surface area contributed by atoms with E-state index in [4.69, 9.17) is 9.15 Å². The van der Waals surface area contributed by atoms with Gasteiger partial charge in [-0.15, -0.1) is 20.4 Å². The number of aromatic nitrogens is 2. The van der Waals surface area contributed by atoms with E-state index in [-0.39, 0.29) is 6.23 Å². The van der Waals surface area contributed by atoms with Crippen LogP contribution in [0.3, 0.4) is 0 Å². The van der Waals surface area contributed by atoms with Gasteiger partial charge in [-0.1, -0.05) is 48.2 Å². The molecule has 1 unspecified atom stereocenters. The van der Waals surface area contributed by atoms with Gasteiger partial charge >= 0.3 is 0 Å². The fourth-order valence-corrected chi connectivity index (χ4v) is 3.64. The summed E-state index contributed by atoms with van der Waals surface area (Å²) in [5.74, 6) is 1.47. The van der Waals surface area contributed by atoms with E-state index in [1.165, 1.54) is 11.8 Å². The van der Waals surface area contributed by atoms with Crippen molar-refractivity contribution >= 4 is 29.1 Å². The summed E-state index contributed by atoms with van der Waals surface area (Å²) in [7, 11) is 0. The lowest BCUT2D eigenvalue weighted by molar-refractivity contribution is 0.276. The summed E-state index contributed by atoms with van der Waals surface area (Å²) in [6.07, 6.45) is -0.309. The third kappa shape index (κ3) is 2.97. The summed E-state index contributed by atoms with van der Waals surface area (Å²) < 4.78 is 11.7. The molecule has 0 aliphatic carbocycles. The van der Waals surface area contributed by atoms with Gasteiger partial charge in [0.05, 0.1) is 5.75 Å². The number of nitrogens with one attached hydrogen (secondary N) is 1. The number of hydrogen-bond acceptors (Lipinski definition) is 8. The first-order chi connectivity index (χ1) is 13.3. The van der Waals surface area contributed by atoms with Crippen molar-refractivity contribution < 1.29 is 9.15 Å². The summed E-state index contributed by atoms with van der Waals surface area (Å²) >= 11 is 1.37. The van der Waals surface area contributed by atoms with Crippen molar-refractivity contribution in [3.8, 4) is 11.5 Å². The molecule has 134 valence electrons. The van der Waals surface area contributed by atoms with Gasteiger partial charge in [0, 0.05) is 16.8 Å². The van der Waals surface area contributed by atoms with Crippen molar-refractivity contribution in [2.45, 2.75) is 18.4 Å². The van der Waals surface area contributed by atoms with Gasteiger partial charge in [0.1, 0.15) is 5.71 Å². The quantitative estimate of drug-likeness (QED) is 0.698. The number of fused-ring (bicyclic) bond motifs is 3. The van der Waals surface area contributed by atoms with E-state index in [2.05, 4.69) is 38.7 Å². The van der Waals surface area contributed by atoms with E-state index in [9.17, 15) is 0 Å². The Balaban J connectivity index is 1.28. The van der Waals surface area contributed by atoms with Crippen LogP contribution in [-0.4, -0.2) is 33.8 Å². The second-order valence-corrected chi connectivity index (χ2v) is 7.07. The molecular formula is C19H15N5O2S. The maximum Gasteiger partial charge on any atom is 0.277 e. The highest BCUT2D eigenvalue weighted by atomic mass is 32.2. The minimum atomic E-state index is -0.309. The zero-order valence-corrected chi connectivity index (χ0v) is 15.2. The number of benzene rings is 2. The molecule has 0 radical (unpaired) electrons. The Kier molecular flexibility index (Phi) is 3.90. The standard InChI is InChI=1S/C19H15N5O2S/c1-11-6-5-9-13-15(11)20-18-16(13)22-21-14(25-18)10-27-19-24-23-17(26-19)12-7-3-2-4-8-12/h2-9,18,20H,10H2,1H3. The topological polar surface area (TPSA) is 84.9 Å². The SMILES string of the molecule is Cc1cccc2c1NC1OC(CSc3nnc(-c4ccccc4)o3)=NN=C21. The molecule has 0 bridgehead atoms. The molecule has 2 aromatic carbocycles. The van der Waals surface area contributed by atoms with Crippen LogP contribution in [0.15, 0.2) is 68.4 Å². The zero-order valence-electron chi connectivity index (χ0n) is 14.4. The van der Waals surface area contributed by atoms with E-state index in [1.54, 1.807) is 0 Å². The maximum atomic E-state index is 5.96. The lowest BCUT2D eigenvalue weighted by Crippen LogP contribution is -2.32. The van der Waals surface area contributed by atoms with E-state index < -0.39 is 0 Å². The lowest BCUT2D eigenvalue weighted by atomic mass is 10.1. The fraction of sp³-hybridized carbons (Fsp3) is 0.158. The Labute approximate surface area is 159 Å². The molecule has 3 aromatic rings. The molecule has 3 heterocycles. The number of ether oxygens (including phenoxy) is 1. The molecule has 0 saturated heterocycles. The van der Waals surface area contributed by atoms with Gasteiger partial charge in [-0.2, -0.15) is 0 Å². The van der Waals surface area contributed by atoms with Crippen molar-refractivity contribution in [1.29, 1.82) is 0 Å². The second kappa shape index (κ2) is 6.55. The van der Waals surface area contributed by atoms with Crippen LogP contribution in [0.2, 0.25) is 0 Å². The van der Waals surface area contributed by atoms with Crippen molar-refractivity contribution in [3.05, 3.63) is 59.7 Å². The molecule has 0 fully saturated rings. The van der Waals surface area contributed by atoms with Crippen LogP contribution < -0.4 is 5.32 Å². The molecular weight excluding hydrogens is 362 g/mol. The van der Waals surface area contributed by atoms with Gasteiger partial charge < -0.3 is 14.5 Å². The third-order valence-electron chi connectivity index (χ3n) is 4.34. The highest BCUT2D eigenvalue weighted by Gasteiger charge is 2.33. The van der Waals surface area contributed by atoms with Gasteiger partial charge in [0.25, 0.3) is 5.22 Å². The van der Waals surface area contributed by atoms with Crippen LogP contribution in [0.4, 0.5) is 5.69 Å². The molecule has 7 nitrogen and oxygen atoms in total. The molecule has 0 saturated carbocycles. The van der Waals surface area contributed by atoms with Crippen LogP contribution in [0.1, 0.15) is 11.1 Å². The first kappa shape index (κ1) is 16.1. The first-order valence-corrected chi connectivity index (χ1v) is 9.46. The van der Waals surface area contributed by atoms with Crippen LogP contribution >= 0.6 is 11.8 Å². The Bertz CT molecular complexity index is 1060. The molecule has 1 atom stereocenters. The predicted octanol–water partition coefficient (Wildman–Crippen LogP) is 3.72. The minimum absolute atomic E-state index is 0.309. The Morgan fingerprint density at radius 2 is 1.93 bits per heavy atom. The summed E-state index contributed by atoms with van der Waals surface area (Å²) in [6.45, 7) is 2.06. The largest absolute Gasteiger partial charge is 0.449 e. The molecule has 0 spiro atoms. The van der Waals surface area contributed by atoms with Crippen LogP contribution in [0, 0.1) is 6.92 Å². The van der Waals surface area contributed by atoms with Crippen LogP contribution in [0.25, 0.3) is 11.5 Å². The van der Waals surface area contributed by atoms with E-state index >= 15 is 0 Å². The second-order valence-electron chi connectivity index (χ2n) is 6.15. The Hall–Kier alpha value is -3.13. The molecule has 2 aliphatic rings. The molecule has 1 aromatic heterocycles. The normalized spacial score (nSPS) is 17.3. The number of nitrogens with zero attached hydrogens (tertiary/aromatic N) is 4. The molecule has 2 aliphatic heterocycles. The van der Waals surface area contributed by atoms with Crippen molar-refractivity contribution in [3.63, 3.8) is 0 Å². The predicted molar refractivity (Wildman–Crippen MR) is 104 cm³/mol. The van der Waals surface area contributed by atoms with E-state index in [0.717, 1.165) is 28.1 Å². The highest BCUT2D eigenvalue weighted by Crippen LogP contribution is 2.32. The Morgan fingerprint density at radius 1 is 1.04 bits per heavy atom. The molecule has 5 rings (SSSR count). The monoisotopic (exact) mass is 377 g/mol. The molecule has 1 N–H and O–H groups in total. The Morgan fingerprint density at radius 3 is 2.81 bits per heavy atom. The summed E-state index contributed by atoms with van der Waals surface area (Å²) in [4.78, 5) is 0. The maximum absolute atomic E-state index is 5.96. The van der Waals surface area contributed by atoms with E-state index in [1.807, 2.05) is 42.5 Å². The fourth-order valence-electron chi connectivity index (χ4n) is 3.03. The van der Waals surface area contributed by atoms with Crippen molar-refractivity contribution in [1.82, 2.24) is 10.2 Å². The minimum Gasteiger partial charge on any atom is -0.449 e. The smallest absolute Gasteiger partial charge is 0.277 e. The number of hydrogen-bond donors (Lipinski definition) is 1. The average Bonchev–Trinajstić information content (AvgIpc) is 3.32. The number of rotatable bonds is 4. The van der Waals surface area contributed by atoms with Crippen molar-refractivity contribution in [2.24, 2.45) is 10.2 Å². The zero-order chi connectivity index (χ0) is 18.2. The summed E-state index contributed by atoms with van der Waals surface area (Å²) in [5, 5.41) is 20.6.